The van der Waals surface area contributed by atoms with Gasteiger partial charge in [0.25, 0.3) is 5.91 Å². The topological polar surface area (TPSA) is 69.6 Å². The maximum absolute atomic E-state index is 12.7. The van der Waals surface area contributed by atoms with Gasteiger partial charge in [-0.15, -0.1) is 0 Å². The Kier molecular flexibility index (Phi) is 5.23. The van der Waals surface area contributed by atoms with E-state index < -0.39 is 0 Å². The lowest BCUT2D eigenvalue weighted by Crippen LogP contribution is -2.49. The van der Waals surface area contributed by atoms with Crippen LogP contribution in [0.15, 0.2) is 36.5 Å². The predicted molar refractivity (Wildman–Crippen MR) is 108 cm³/mol. The number of carbonyl (C=O) groups excluding carboxylic acids is 2. The fourth-order valence-electron chi connectivity index (χ4n) is 3.75. The van der Waals surface area contributed by atoms with Crippen molar-refractivity contribution < 1.29 is 9.59 Å². The third kappa shape index (κ3) is 3.83. The first-order chi connectivity index (χ1) is 13.6. The van der Waals surface area contributed by atoms with Crippen molar-refractivity contribution >= 4 is 23.5 Å². The highest BCUT2D eigenvalue weighted by atomic mass is 16.2. The normalized spacial score (nSPS) is 17.1. The molecule has 0 spiro atoms. The molecule has 0 unspecified atom stereocenters. The number of nitrogens with zero attached hydrogens (tertiary/aromatic N) is 5. The Balaban J connectivity index is 1.38. The van der Waals surface area contributed by atoms with Gasteiger partial charge >= 0.3 is 0 Å². The molecule has 2 aliphatic heterocycles. The maximum atomic E-state index is 12.7. The summed E-state index contributed by atoms with van der Waals surface area (Å²) >= 11 is 0. The molecule has 2 aromatic rings. The lowest BCUT2D eigenvalue weighted by atomic mass is 10.1. The van der Waals surface area contributed by atoms with Gasteiger partial charge in [-0.05, 0) is 38.0 Å². The molecule has 0 saturated carbocycles. The Morgan fingerprint density at radius 3 is 2.11 bits per heavy atom. The molecule has 2 saturated heterocycles. The third-order valence-electron chi connectivity index (χ3n) is 5.45. The van der Waals surface area contributed by atoms with Crippen molar-refractivity contribution in [2.24, 2.45) is 0 Å². The smallest absolute Gasteiger partial charge is 0.253 e. The predicted octanol–water partition coefficient (Wildman–Crippen LogP) is 2.24. The molecule has 146 valence electrons. The summed E-state index contributed by atoms with van der Waals surface area (Å²) < 4.78 is 0. The van der Waals surface area contributed by atoms with Crippen molar-refractivity contribution in [1.82, 2.24) is 14.9 Å². The highest BCUT2D eigenvalue weighted by Gasteiger charge is 2.24. The molecule has 1 amide bonds. The van der Waals surface area contributed by atoms with Gasteiger partial charge < -0.3 is 14.7 Å². The number of hydrogen-bond donors (Lipinski definition) is 0. The fourth-order valence-corrected chi connectivity index (χ4v) is 3.75. The van der Waals surface area contributed by atoms with Gasteiger partial charge in [0.05, 0.1) is 0 Å². The highest BCUT2D eigenvalue weighted by Crippen LogP contribution is 2.20. The maximum Gasteiger partial charge on any atom is 0.253 e. The van der Waals surface area contributed by atoms with Crippen molar-refractivity contribution in [3.8, 4) is 0 Å². The van der Waals surface area contributed by atoms with Crippen molar-refractivity contribution in [3.05, 3.63) is 47.7 Å². The molecule has 7 heteroatoms. The number of aromatic nitrogens is 2. The summed E-state index contributed by atoms with van der Waals surface area (Å²) in [6, 6.07) is 8.84. The van der Waals surface area contributed by atoms with E-state index in [4.69, 9.17) is 4.98 Å². The van der Waals surface area contributed by atoms with E-state index in [1.165, 1.54) is 19.8 Å². The number of ketones is 1. The third-order valence-corrected chi connectivity index (χ3v) is 5.45. The summed E-state index contributed by atoms with van der Waals surface area (Å²) in [6.45, 7) is 6.36. The van der Waals surface area contributed by atoms with Crippen LogP contribution in [-0.2, 0) is 0 Å². The average Bonchev–Trinajstić information content (AvgIpc) is 3.28. The van der Waals surface area contributed by atoms with Gasteiger partial charge in [0, 0.05) is 56.6 Å². The Bertz CT molecular complexity index is 853. The van der Waals surface area contributed by atoms with Crippen LogP contribution in [0.5, 0.6) is 0 Å². The Morgan fingerprint density at radius 2 is 1.46 bits per heavy atom. The van der Waals surface area contributed by atoms with E-state index >= 15 is 0 Å². The molecule has 3 heterocycles. The molecule has 0 atom stereocenters. The molecule has 2 fully saturated rings. The Labute approximate surface area is 165 Å². The lowest BCUT2D eigenvalue weighted by Gasteiger charge is -2.35. The van der Waals surface area contributed by atoms with E-state index in [9.17, 15) is 9.59 Å². The van der Waals surface area contributed by atoms with E-state index in [0.29, 0.717) is 24.2 Å². The monoisotopic (exact) mass is 379 g/mol. The van der Waals surface area contributed by atoms with Crippen LogP contribution in [0.4, 0.5) is 11.8 Å². The zero-order valence-corrected chi connectivity index (χ0v) is 16.2. The van der Waals surface area contributed by atoms with Crippen molar-refractivity contribution in [1.29, 1.82) is 0 Å². The Hall–Kier alpha value is -2.96. The van der Waals surface area contributed by atoms with Crippen molar-refractivity contribution in [3.63, 3.8) is 0 Å². The van der Waals surface area contributed by atoms with Gasteiger partial charge in [-0.1, -0.05) is 12.1 Å². The van der Waals surface area contributed by atoms with Crippen molar-refractivity contribution in [2.45, 2.75) is 19.8 Å². The summed E-state index contributed by atoms with van der Waals surface area (Å²) in [5, 5.41) is 0. The second-order valence-corrected chi connectivity index (χ2v) is 7.32. The van der Waals surface area contributed by atoms with Gasteiger partial charge in [-0.2, -0.15) is 4.98 Å². The summed E-state index contributed by atoms with van der Waals surface area (Å²) in [5.74, 6) is 1.75. The number of benzene rings is 1. The van der Waals surface area contributed by atoms with E-state index in [0.717, 1.165) is 37.9 Å². The SMILES string of the molecule is CC(=O)c1ccc(C(=O)N2CCN(c3ccnc(N4CCCC4)n3)CC2)cc1. The second-order valence-electron chi connectivity index (χ2n) is 7.32. The van der Waals surface area contributed by atoms with Gasteiger partial charge in [-0.25, -0.2) is 4.98 Å². The van der Waals surface area contributed by atoms with E-state index in [2.05, 4.69) is 14.8 Å². The number of carbonyl (C=O) groups is 2. The average molecular weight is 379 g/mol. The first-order valence-electron chi connectivity index (χ1n) is 9.85. The molecule has 0 aliphatic carbocycles. The van der Waals surface area contributed by atoms with Crippen molar-refractivity contribution in [2.75, 3.05) is 49.1 Å². The molecule has 1 aromatic heterocycles. The molecule has 1 aromatic carbocycles. The summed E-state index contributed by atoms with van der Waals surface area (Å²) in [6.07, 6.45) is 4.22. The molecule has 28 heavy (non-hydrogen) atoms. The molecule has 4 rings (SSSR count). The van der Waals surface area contributed by atoms with Gasteiger partial charge in [0.15, 0.2) is 5.78 Å². The molecular weight excluding hydrogens is 354 g/mol. The fraction of sp³-hybridized carbons (Fsp3) is 0.429. The highest BCUT2D eigenvalue weighted by molar-refractivity contribution is 5.97. The molecular formula is C21H25N5O2. The van der Waals surface area contributed by atoms with Crippen LogP contribution in [0.2, 0.25) is 0 Å². The Morgan fingerprint density at radius 1 is 0.821 bits per heavy atom. The molecule has 7 nitrogen and oxygen atoms in total. The minimum atomic E-state index is 0.00534. The minimum Gasteiger partial charge on any atom is -0.353 e. The van der Waals surface area contributed by atoms with Crippen LogP contribution in [0.3, 0.4) is 0 Å². The van der Waals surface area contributed by atoms with E-state index in [1.54, 1.807) is 24.3 Å². The van der Waals surface area contributed by atoms with Crippen LogP contribution in [0.25, 0.3) is 0 Å². The first kappa shape index (κ1) is 18.4. The lowest BCUT2D eigenvalue weighted by molar-refractivity contribution is 0.0746. The zero-order chi connectivity index (χ0) is 19.5. The standard InChI is InChI=1S/C21H25N5O2/c1-16(27)17-4-6-18(7-5-17)20(28)25-14-12-24(13-15-25)19-8-9-22-21(23-19)26-10-2-3-11-26/h4-9H,2-3,10-15H2,1H3. The quantitative estimate of drug-likeness (QED) is 0.759. The second kappa shape index (κ2) is 7.96. The number of hydrogen-bond acceptors (Lipinski definition) is 6. The van der Waals surface area contributed by atoms with E-state index in [1.807, 2.05) is 17.2 Å². The summed E-state index contributed by atoms with van der Waals surface area (Å²) in [7, 11) is 0. The minimum absolute atomic E-state index is 0.00534. The number of rotatable bonds is 4. The molecule has 2 aliphatic rings. The zero-order valence-electron chi connectivity index (χ0n) is 16.2. The van der Waals surface area contributed by atoms with Crippen LogP contribution in [0, 0.1) is 0 Å². The van der Waals surface area contributed by atoms with Gasteiger partial charge in [-0.3, -0.25) is 9.59 Å². The number of Topliss-reactive ketones (excluding diaryl/α,β-unsaturated/α-hetero) is 1. The first-order valence-corrected chi connectivity index (χ1v) is 9.85. The molecule has 0 radical (unpaired) electrons. The molecule has 0 N–H and O–H groups in total. The van der Waals surface area contributed by atoms with Crippen LogP contribution in [-0.4, -0.2) is 65.8 Å². The van der Waals surface area contributed by atoms with Crippen LogP contribution >= 0.6 is 0 Å². The van der Waals surface area contributed by atoms with Gasteiger partial charge in [0.1, 0.15) is 5.82 Å². The number of anilines is 2. The van der Waals surface area contributed by atoms with E-state index in [-0.39, 0.29) is 11.7 Å². The number of piperazine rings is 1. The number of amides is 1. The summed E-state index contributed by atoms with van der Waals surface area (Å²) in [4.78, 5) is 39.6. The van der Waals surface area contributed by atoms with Crippen LogP contribution in [0.1, 0.15) is 40.5 Å². The largest absolute Gasteiger partial charge is 0.353 e. The van der Waals surface area contributed by atoms with Crippen LogP contribution < -0.4 is 9.80 Å². The van der Waals surface area contributed by atoms with Gasteiger partial charge in [0.2, 0.25) is 5.95 Å². The summed E-state index contributed by atoms with van der Waals surface area (Å²) in [5.41, 5.74) is 1.25. The molecule has 0 bridgehead atoms.